The van der Waals surface area contributed by atoms with Crippen molar-refractivity contribution in [2.45, 2.75) is 18.4 Å². The third-order valence-electron chi connectivity index (χ3n) is 3.60. The highest BCUT2D eigenvalue weighted by Crippen LogP contribution is 2.37. The van der Waals surface area contributed by atoms with Crippen LogP contribution in [0.15, 0.2) is 36.5 Å². The summed E-state index contributed by atoms with van der Waals surface area (Å²) in [5.74, 6) is -0.201. The first-order valence-electron chi connectivity index (χ1n) is 5.49. The predicted octanol–water partition coefficient (Wildman–Crippen LogP) is 0.963. The first-order chi connectivity index (χ1) is 7.98. The molecule has 2 rings (SSSR count). The van der Waals surface area contributed by atoms with Gasteiger partial charge in [0.1, 0.15) is 11.2 Å². The van der Waals surface area contributed by atoms with Gasteiger partial charge in [0.25, 0.3) is 0 Å². The number of carbonyl (C=O) groups is 1. The largest absolute Gasteiger partial charge is 0.508 e. The SMILES string of the molecule is CC1N(C)C=CC1(C(N)=O)c1ccc(O)cc1. The highest BCUT2D eigenvalue weighted by molar-refractivity contribution is 5.90. The Balaban J connectivity index is 2.54. The Morgan fingerprint density at radius 2 is 2.00 bits per heavy atom. The van der Waals surface area contributed by atoms with Crippen molar-refractivity contribution in [2.75, 3.05) is 7.05 Å². The molecule has 0 bridgehead atoms. The zero-order valence-corrected chi connectivity index (χ0v) is 9.92. The van der Waals surface area contributed by atoms with E-state index in [4.69, 9.17) is 5.73 Å². The van der Waals surface area contributed by atoms with Crippen LogP contribution in [0, 0.1) is 0 Å². The Hall–Kier alpha value is -1.97. The van der Waals surface area contributed by atoms with Gasteiger partial charge in [-0.25, -0.2) is 0 Å². The molecule has 1 amide bonds. The number of nitrogens with two attached hydrogens (primary N) is 1. The first-order valence-corrected chi connectivity index (χ1v) is 5.49. The molecule has 1 aliphatic heterocycles. The fourth-order valence-corrected chi connectivity index (χ4v) is 2.33. The van der Waals surface area contributed by atoms with Crippen LogP contribution in [0.25, 0.3) is 0 Å². The number of phenolic OH excluding ortho intramolecular Hbond substituents is 1. The lowest BCUT2D eigenvalue weighted by molar-refractivity contribution is -0.123. The second kappa shape index (κ2) is 3.80. The molecule has 1 heterocycles. The number of aromatic hydroxyl groups is 1. The van der Waals surface area contributed by atoms with Crippen molar-refractivity contribution >= 4 is 5.91 Å². The molecule has 0 saturated carbocycles. The number of phenols is 1. The Morgan fingerprint density at radius 1 is 1.41 bits per heavy atom. The molecule has 0 saturated heterocycles. The lowest BCUT2D eigenvalue weighted by atomic mass is 9.75. The Kier molecular flexibility index (Phi) is 2.58. The molecule has 0 aromatic heterocycles. The summed E-state index contributed by atoms with van der Waals surface area (Å²) in [7, 11) is 1.91. The van der Waals surface area contributed by atoms with Gasteiger partial charge in [-0.05, 0) is 36.9 Å². The van der Waals surface area contributed by atoms with Crippen molar-refractivity contribution in [3.05, 3.63) is 42.1 Å². The van der Waals surface area contributed by atoms with Crippen LogP contribution in [0.2, 0.25) is 0 Å². The summed E-state index contributed by atoms with van der Waals surface area (Å²) in [6.45, 7) is 1.96. The molecule has 3 N–H and O–H groups in total. The van der Waals surface area contributed by atoms with Crippen molar-refractivity contribution < 1.29 is 9.90 Å². The summed E-state index contributed by atoms with van der Waals surface area (Å²) in [5, 5.41) is 9.30. The molecular weight excluding hydrogens is 216 g/mol. The zero-order valence-electron chi connectivity index (χ0n) is 9.92. The van der Waals surface area contributed by atoms with Gasteiger partial charge in [-0.3, -0.25) is 4.79 Å². The molecule has 4 nitrogen and oxygen atoms in total. The van der Waals surface area contributed by atoms with Crippen LogP contribution < -0.4 is 5.73 Å². The minimum Gasteiger partial charge on any atom is -0.508 e. The number of carbonyl (C=O) groups excluding carboxylic acids is 1. The maximum atomic E-state index is 11.8. The summed E-state index contributed by atoms with van der Waals surface area (Å²) in [6, 6.07) is 6.57. The summed E-state index contributed by atoms with van der Waals surface area (Å²) >= 11 is 0. The lowest BCUT2D eigenvalue weighted by Crippen LogP contribution is -2.49. The van der Waals surface area contributed by atoms with Crippen LogP contribution >= 0.6 is 0 Å². The Bertz CT molecular complexity index is 467. The van der Waals surface area contributed by atoms with Crippen LogP contribution in [0.5, 0.6) is 5.75 Å². The number of primary amides is 1. The number of hydrogen-bond donors (Lipinski definition) is 2. The minimum atomic E-state index is -0.817. The lowest BCUT2D eigenvalue weighted by Gasteiger charge is -2.33. The van der Waals surface area contributed by atoms with E-state index in [1.54, 1.807) is 24.3 Å². The van der Waals surface area contributed by atoms with E-state index in [2.05, 4.69) is 0 Å². The average Bonchev–Trinajstić information content (AvgIpc) is 2.59. The molecule has 1 aromatic carbocycles. The average molecular weight is 232 g/mol. The van der Waals surface area contributed by atoms with Gasteiger partial charge >= 0.3 is 0 Å². The number of benzene rings is 1. The van der Waals surface area contributed by atoms with Gasteiger partial charge in [-0.15, -0.1) is 0 Å². The molecular formula is C13H16N2O2. The topological polar surface area (TPSA) is 66.6 Å². The van der Waals surface area contributed by atoms with Crippen molar-refractivity contribution in [1.82, 2.24) is 4.90 Å². The van der Waals surface area contributed by atoms with Crippen LogP contribution in [0.1, 0.15) is 12.5 Å². The second-order valence-electron chi connectivity index (χ2n) is 4.44. The number of nitrogens with zero attached hydrogens (tertiary/aromatic N) is 1. The van der Waals surface area contributed by atoms with E-state index in [-0.39, 0.29) is 17.7 Å². The third kappa shape index (κ3) is 1.56. The fraction of sp³-hybridized carbons (Fsp3) is 0.308. The monoisotopic (exact) mass is 232 g/mol. The van der Waals surface area contributed by atoms with E-state index in [0.717, 1.165) is 5.56 Å². The summed E-state index contributed by atoms with van der Waals surface area (Å²) in [4.78, 5) is 13.8. The number of hydrogen-bond acceptors (Lipinski definition) is 3. The van der Waals surface area contributed by atoms with Crippen LogP contribution in [0.4, 0.5) is 0 Å². The van der Waals surface area contributed by atoms with Crippen molar-refractivity contribution in [2.24, 2.45) is 5.73 Å². The van der Waals surface area contributed by atoms with Crippen molar-refractivity contribution in [1.29, 1.82) is 0 Å². The van der Waals surface area contributed by atoms with Crippen LogP contribution in [-0.2, 0) is 10.2 Å². The molecule has 2 unspecified atom stereocenters. The molecule has 4 heteroatoms. The van der Waals surface area contributed by atoms with Crippen molar-refractivity contribution in [3.63, 3.8) is 0 Å². The smallest absolute Gasteiger partial charge is 0.234 e. The molecule has 0 radical (unpaired) electrons. The molecule has 0 fully saturated rings. The van der Waals surface area contributed by atoms with Gasteiger partial charge in [-0.1, -0.05) is 12.1 Å². The molecule has 0 spiro atoms. The van der Waals surface area contributed by atoms with Crippen molar-refractivity contribution in [3.8, 4) is 5.75 Å². The van der Waals surface area contributed by atoms with Gasteiger partial charge in [0.15, 0.2) is 0 Å². The molecule has 1 aromatic rings. The second-order valence-corrected chi connectivity index (χ2v) is 4.44. The molecule has 1 aliphatic rings. The zero-order chi connectivity index (χ0) is 12.6. The van der Waals surface area contributed by atoms with Gasteiger partial charge in [0.2, 0.25) is 5.91 Å². The van der Waals surface area contributed by atoms with E-state index in [1.807, 2.05) is 31.1 Å². The number of rotatable bonds is 2. The molecule has 90 valence electrons. The van der Waals surface area contributed by atoms with Crippen LogP contribution in [-0.4, -0.2) is 29.0 Å². The highest BCUT2D eigenvalue weighted by Gasteiger charge is 2.46. The van der Waals surface area contributed by atoms with Gasteiger partial charge in [0.05, 0.1) is 0 Å². The highest BCUT2D eigenvalue weighted by atomic mass is 16.3. The predicted molar refractivity (Wildman–Crippen MR) is 65.3 cm³/mol. The van der Waals surface area contributed by atoms with E-state index in [1.165, 1.54) is 0 Å². The van der Waals surface area contributed by atoms with Gasteiger partial charge < -0.3 is 15.7 Å². The van der Waals surface area contributed by atoms with E-state index < -0.39 is 5.41 Å². The minimum absolute atomic E-state index is 0.0375. The normalized spacial score (nSPS) is 27.4. The summed E-state index contributed by atoms with van der Waals surface area (Å²) < 4.78 is 0. The molecule has 2 atom stereocenters. The van der Waals surface area contributed by atoms with E-state index in [9.17, 15) is 9.90 Å². The quantitative estimate of drug-likeness (QED) is 0.798. The molecule has 0 aliphatic carbocycles. The van der Waals surface area contributed by atoms with Crippen LogP contribution in [0.3, 0.4) is 0 Å². The summed E-state index contributed by atoms with van der Waals surface area (Å²) in [6.07, 6.45) is 3.69. The maximum Gasteiger partial charge on any atom is 0.234 e. The maximum absolute atomic E-state index is 11.8. The molecule has 17 heavy (non-hydrogen) atoms. The first kappa shape index (κ1) is 11.5. The summed E-state index contributed by atoms with van der Waals surface area (Å²) in [5.41, 5.74) is 5.56. The van der Waals surface area contributed by atoms with Gasteiger partial charge in [0, 0.05) is 13.1 Å². The van der Waals surface area contributed by atoms with Gasteiger partial charge in [-0.2, -0.15) is 0 Å². The number of likely N-dealkylation sites (N-methyl/N-ethyl adjacent to an activating group) is 1. The number of amides is 1. The van der Waals surface area contributed by atoms with E-state index >= 15 is 0 Å². The van der Waals surface area contributed by atoms with E-state index in [0.29, 0.717) is 0 Å². The fourth-order valence-electron chi connectivity index (χ4n) is 2.33. The third-order valence-corrected chi connectivity index (χ3v) is 3.60. The Morgan fingerprint density at radius 3 is 2.41 bits per heavy atom. The standard InChI is InChI=1S/C13H16N2O2/c1-9-13(12(14)17,7-8-15(9)2)10-3-5-11(16)6-4-10/h3-9,16H,1-2H3,(H2,14,17). The Labute approximate surface area is 100 Å².